The third-order valence-corrected chi connectivity index (χ3v) is 5.48. The van der Waals surface area contributed by atoms with Crippen molar-refractivity contribution in [2.75, 3.05) is 26.4 Å². The van der Waals surface area contributed by atoms with E-state index in [4.69, 9.17) is 19.7 Å². The van der Waals surface area contributed by atoms with E-state index in [9.17, 15) is 19.0 Å². The number of hydrogen-bond donors (Lipinski definition) is 2. The molecule has 184 valence electrons. The number of unbranched alkanes of at least 4 members (excludes halogenated alkanes) is 8. The molecule has 0 bridgehead atoms. The number of rotatable bonds is 21. The summed E-state index contributed by atoms with van der Waals surface area (Å²) in [7, 11) is -4.33. The second kappa shape index (κ2) is 19.7. The summed E-state index contributed by atoms with van der Waals surface area (Å²) in [5, 5.41) is 0. The van der Waals surface area contributed by atoms with Gasteiger partial charge in [0.05, 0.1) is 13.2 Å². The van der Waals surface area contributed by atoms with Gasteiger partial charge in [0.15, 0.2) is 6.10 Å². The van der Waals surface area contributed by atoms with Crippen LogP contribution in [-0.4, -0.2) is 49.3 Å². The fraction of sp³-hybridized carbons (Fsp3) is 0.905. The van der Waals surface area contributed by atoms with Crippen LogP contribution < -0.4 is 5.73 Å². The van der Waals surface area contributed by atoms with Crippen LogP contribution in [0, 0.1) is 0 Å². The molecule has 0 aromatic heterocycles. The smallest absolute Gasteiger partial charge is 0.462 e. The van der Waals surface area contributed by atoms with E-state index in [0.29, 0.717) is 6.42 Å². The molecule has 0 aromatic carbocycles. The van der Waals surface area contributed by atoms with E-state index in [0.717, 1.165) is 57.8 Å². The fourth-order valence-electron chi connectivity index (χ4n) is 2.75. The summed E-state index contributed by atoms with van der Waals surface area (Å²) in [4.78, 5) is 33.7. The number of esters is 2. The van der Waals surface area contributed by atoms with Gasteiger partial charge in [-0.2, -0.15) is 0 Å². The molecule has 0 aliphatic heterocycles. The van der Waals surface area contributed by atoms with Crippen molar-refractivity contribution in [1.82, 2.24) is 0 Å². The number of carbonyl (C=O) groups excluding carboxylic acids is 2. The van der Waals surface area contributed by atoms with E-state index < -0.39 is 32.5 Å². The molecular formula is C21H42NO8P. The molecular weight excluding hydrogens is 425 g/mol. The maximum absolute atomic E-state index is 12.1. The number of carbonyl (C=O) groups is 2. The van der Waals surface area contributed by atoms with Crippen molar-refractivity contribution in [3.05, 3.63) is 0 Å². The molecule has 0 spiro atoms. The monoisotopic (exact) mass is 467 g/mol. The fourth-order valence-corrected chi connectivity index (χ4v) is 3.51. The van der Waals surface area contributed by atoms with Gasteiger partial charge >= 0.3 is 19.8 Å². The summed E-state index contributed by atoms with van der Waals surface area (Å²) < 4.78 is 31.8. The molecule has 0 aliphatic carbocycles. The second-order valence-electron chi connectivity index (χ2n) is 7.51. The first-order chi connectivity index (χ1) is 14.8. The number of ether oxygens (including phenoxy) is 2. The molecule has 9 nitrogen and oxygen atoms in total. The van der Waals surface area contributed by atoms with Crippen LogP contribution in [-0.2, 0) is 32.7 Å². The Kier molecular flexibility index (Phi) is 19.0. The molecule has 0 aromatic rings. The second-order valence-corrected chi connectivity index (χ2v) is 8.96. The predicted molar refractivity (Wildman–Crippen MR) is 118 cm³/mol. The minimum atomic E-state index is -4.33. The van der Waals surface area contributed by atoms with E-state index in [-0.39, 0.29) is 32.6 Å². The molecule has 0 amide bonds. The van der Waals surface area contributed by atoms with Crippen molar-refractivity contribution in [1.29, 1.82) is 0 Å². The highest BCUT2D eigenvalue weighted by Gasteiger charge is 2.25. The summed E-state index contributed by atoms with van der Waals surface area (Å²) in [6.07, 6.45) is 9.44. The van der Waals surface area contributed by atoms with Gasteiger partial charge in [-0.05, 0) is 12.8 Å². The van der Waals surface area contributed by atoms with Crippen LogP contribution in [0.15, 0.2) is 0 Å². The third-order valence-electron chi connectivity index (χ3n) is 4.49. The van der Waals surface area contributed by atoms with E-state index in [2.05, 4.69) is 18.4 Å². The Labute approximate surface area is 186 Å². The van der Waals surface area contributed by atoms with Crippen molar-refractivity contribution in [2.45, 2.75) is 97.0 Å². The van der Waals surface area contributed by atoms with Crippen LogP contribution in [0.25, 0.3) is 0 Å². The lowest BCUT2D eigenvalue weighted by molar-refractivity contribution is -0.161. The van der Waals surface area contributed by atoms with Gasteiger partial charge in [0, 0.05) is 19.4 Å². The van der Waals surface area contributed by atoms with Gasteiger partial charge in [-0.25, -0.2) is 4.57 Å². The number of hydrogen-bond acceptors (Lipinski definition) is 8. The van der Waals surface area contributed by atoms with Crippen molar-refractivity contribution >= 4 is 19.8 Å². The summed E-state index contributed by atoms with van der Waals surface area (Å²) in [6.45, 7) is 3.47. The number of nitrogens with two attached hydrogens (primary N) is 1. The lowest BCUT2D eigenvalue weighted by Crippen LogP contribution is -2.29. The molecule has 0 heterocycles. The van der Waals surface area contributed by atoms with Gasteiger partial charge < -0.3 is 20.1 Å². The van der Waals surface area contributed by atoms with Crippen LogP contribution in [0.5, 0.6) is 0 Å². The Bertz CT molecular complexity index is 518. The topological polar surface area (TPSA) is 134 Å². The summed E-state index contributed by atoms with van der Waals surface area (Å²) in [5.41, 5.74) is 5.24. The quantitative estimate of drug-likeness (QED) is 0.144. The van der Waals surface area contributed by atoms with Crippen LogP contribution in [0.4, 0.5) is 0 Å². The van der Waals surface area contributed by atoms with Crippen LogP contribution in [0.3, 0.4) is 0 Å². The minimum Gasteiger partial charge on any atom is -0.462 e. The molecule has 0 radical (unpaired) electrons. The molecule has 0 saturated carbocycles. The van der Waals surface area contributed by atoms with Gasteiger partial charge in [0.2, 0.25) is 0 Å². The zero-order valence-corrected chi connectivity index (χ0v) is 20.1. The van der Waals surface area contributed by atoms with Crippen LogP contribution in [0.2, 0.25) is 0 Å². The van der Waals surface area contributed by atoms with Gasteiger partial charge in [-0.3, -0.25) is 18.6 Å². The van der Waals surface area contributed by atoms with Crippen molar-refractivity contribution in [2.24, 2.45) is 5.73 Å². The van der Waals surface area contributed by atoms with Gasteiger partial charge in [0.25, 0.3) is 0 Å². The molecule has 0 fully saturated rings. The first kappa shape index (κ1) is 30.0. The van der Waals surface area contributed by atoms with Crippen LogP contribution in [0.1, 0.15) is 90.9 Å². The molecule has 31 heavy (non-hydrogen) atoms. The summed E-state index contributed by atoms with van der Waals surface area (Å²) in [5.74, 6) is -0.861. The standard InChI is InChI=1S/C21H42NO8P/c1-3-5-7-9-11-13-20(23)27-17-19(18-29-31(25,26)28-16-15-22)30-21(24)14-12-10-8-6-4-2/h19H,3-18,22H2,1-2H3,(H,25,26). The highest BCUT2D eigenvalue weighted by Crippen LogP contribution is 2.43. The zero-order chi connectivity index (χ0) is 23.4. The molecule has 3 N–H and O–H groups in total. The SMILES string of the molecule is CCCCCCCC(=O)OCC(COP(=O)(O)OCCN)OC(=O)CCCCCCC. The molecule has 0 rings (SSSR count). The van der Waals surface area contributed by atoms with E-state index in [1.165, 1.54) is 0 Å². The Morgan fingerprint density at radius 2 is 1.39 bits per heavy atom. The number of phosphoric acid groups is 1. The molecule has 2 atom stereocenters. The molecule has 10 heteroatoms. The average molecular weight is 468 g/mol. The van der Waals surface area contributed by atoms with Gasteiger partial charge in [0.1, 0.15) is 6.61 Å². The van der Waals surface area contributed by atoms with Crippen molar-refractivity contribution in [3.8, 4) is 0 Å². The lowest BCUT2D eigenvalue weighted by Gasteiger charge is -2.19. The predicted octanol–water partition coefficient (Wildman–Crippen LogP) is 4.25. The van der Waals surface area contributed by atoms with E-state index >= 15 is 0 Å². The average Bonchev–Trinajstić information content (AvgIpc) is 2.74. The van der Waals surface area contributed by atoms with Crippen LogP contribution >= 0.6 is 7.82 Å². The number of phosphoric ester groups is 1. The zero-order valence-electron chi connectivity index (χ0n) is 19.2. The summed E-state index contributed by atoms with van der Waals surface area (Å²) >= 11 is 0. The Morgan fingerprint density at radius 3 is 1.94 bits per heavy atom. The van der Waals surface area contributed by atoms with Crippen molar-refractivity contribution in [3.63, 3.8) is 0 Å². The van der Waals surface area contributed by atoms with Gasteiger partial charge in [-0.1, -0.05) is 65.2 Å². The molecule has 0 aliphatic rings. The minimum absolute atomic E-state index is 0.0558. The van der Waals surface area contributed by atoms with E-state index in [1.807, 2.05) is 0 Å². The summed E-state index contributed by atoms with van der Waals surface area (Å²) in [6, 6.07) is 0. The maximum Gasteiger partial charge on any atom is 0.472 e. The largest absolute Gasteiger partial charge is 0.472 e. The first-order valence-corrected chi connectivity index (χ1v) is 13.0. The first-order valence-electron chi connectivity index (χ1n) is 11.5. The highest BCUT2D eigenvalue weighted by atomic mass is 31.2. The van der Waals surface area contributed by atoms with Crippen molar-refractivity contribution < 1.29 is 37.6 Å². The highest BCUT2D eigenvalue weighted by molar-refractivity contribution is 7.47. The molecule has 0 saturated heterocycles. The maximum atomic E-state index is 12.1. The van der Waals surface area contributed by atoms with E-state index in [1.54, 1.807) is 0 Å². The normalized spacial score (nSPS) is 14.1. The third kappa shape index (κ3) is 19.4. The Balaban J connectivity index is 4.49. The Morgan fingerprint density at radius 1 is 0.839 bits per heavy atom. The van der Waals surface area contributed by atoms with Gasteiger partial charge in [-0.15, -0.1) is 0 Å². The lowest BCUT2D eigenvalue weighted by atomic mass is 10.1. The molecule has 2 unspecified atom stereocenters. The Hall–Kier alpha value is -0.990.